The van der Waals surface area contributed by atoms with Crippen LogP contribution in [-0.2, 0) is 0 Å². The Bertz CT molecular complexity index is 444. The average molecular weight is 250 g/mol. The minimum atomic E-state index is -0.232. The van der Waals surface area contributed by atoms with Crippen molar-refractivity contribution in [1.29, 1.82) is 0 Å². The number of hydrogen-bond donors (Lipinski definition) is 2. The lowest BCUT2D eigenvalue weighted by atomic mass is 10.1. The molecule has 0 fully saturated rings. The van der Waals surface area contributed by atoms with E-state index < -0.39 is 0 Å². The zero-order valence-corrected chi connectivity index (χ0v) is 10.7. The molecule has 0 heterocycles. The molecule has 0 atom stereocenters. The lowest BCUT2D eigenvalue weighted by Crippen LogP contribution is -2.26. The van der Waals surface area contributed by atoms with E-state index in [0.717, 1.165) is 6.42 Å². The van der Waals surface area contributed by atoms with Crippen molar-refractivity contribution >= 4 is 11.7 Å². The summed E-state index contributed by atoms with van der Waals surface area (Å²) in [5, 5.41) is 2.73. The van der Waals surface area contributed by atoms with Gasteiger partial charge in [-0.2, -0.15) is 0 Å². The molecule has 0 spiro atoms. The van der Waals surface area contributed by atoms with E-state index in [2.05, 4.69) is 5.32 Å². The Morgan fingerprint density at radius 2 is 1.94 bits per heavy atom. The maximum atomic E-state index is 11.8. The molecular weight excluding hydrogens is 232 g/mol. The maximum absolute atomic E-state index is 11.8. The number of ether oxygens (including phenoxy) is 1. The Morgan fingerprint density at radius 1 is 1.28 bits per heavy atom. The number of methoxy groups -OCH3 is 1. The highest BCUT2D eigenvalue weighted by Crippen LogP contribution is 2.17. The van der Waals surface area contributed by atoms with Crippen LogP contribution in [0.25, 0.3) is 0 Å². The Balaban J connectivity index is 2.90. The fourth-order valence-corrected chi connectivity index (χ4v) is 1.46. The van der Waals surface area contributed by atoms with Gasteiger partial charge < -0.3 is 15.8 Å². The smallest absolute Gasteiger partial charge is 0.251 e. The van der Waals surface area contributed by atoms with E-state index >= 15 is 0 Å². The predicted octanol–water partition coefficient (Wildman–Crippen LogP) is 0.976. The van der Waals surface area contributed by atoms with Gasteiger partial charge in [0, 0.05) is 17.7 Å². The van der Waals surface area contributed by atoms with E-state index in [4.69, 9.17) is 10.5 Å². The summed E-state index contributed by atoms with van der Waals surface area (Å²) in [4.78, 5) is 23.2. The largest absolute Gasteiger partial charge is 0.497 e. The van der Waals surface area contributed by atoms with Gasteiger partial charge in [0.1, 0.15) is 5.75 Å². The molecule has 0 bridgehead atoms. The molecule has 3 N–H and O–H groups in total. The van der Waals surface area contributed by atoms with E-state index in [1.807, 2.05) is 0 Å². The van der Waals surface area contributed by atoms with E-state index in [1.165, 1.54) is 14.0 Å². The molecule has 0 aliphatic rings. The van der Waals surface area contributed by atoms with E-state index in [1.54, 1.807) is 18.2 Å². The molecule has 0 radical (unpaired) electrons. The number of rotatable bonds is 6. The second-order valence-electron chi connectivity index (χ2n) is 3.90. The number of nitrogens with two attached hydrogens (primary N) is 1. The third-order valence-corrected chi connectivity index (χ3v) is 2.48. The van der Waals surface area contributed by atoms with Crippen molar-refractivity contribution in [2.24, 2.45) is 5.73 Å². The Kier molecular flexibility index (Phi) is 5.32. The Labute approximate surface area is 106 Å². The molecule has 0 aromatic heterocycles. The van der Waals surface area contributed by atoms with Crippen LogP contribution in [0.4, 0.5) is 0 Å². The second kappa shape index (κ2) is 6.76. The summed E-state index contributed by atoms with van der Waals surface area (Å²) in [6.45, 7) is 2.49. The van der Waals surface area contributed by atoms with Gasteiger partial charge in [-0.05, 0) is 38.1 Å². The van der Waals surface area contributed by atoms with Gasteiger partial charge in [0.15, 0.2) is 5.78 Å². The monoisotopic (exact) mass is 250 g/mol. The fraction of sp³-hybridized carbons (Fsp3) is 0.385. The quantitative estimate of drug-likeness (QED) is 0.582. The van der Waals surface area contributed by atoms with E-state index in [-0.39, 0.29) is 11.7 Å². The summed E-state index contributed by atoms with van der Waals surface area (Å²) in [7, 11) is 1.50. The molecular formula is C13H18N2O3. The van der Waals surface area contributed by atoms with Crippen LogP contribution < -0.4 is 15.8 Å². The summed E-state index contributed by atoms with van der Waals surface area (Å²) in [6, 6.07) is 4.77. The number of hydrogen-bond acceptors (Lipinski definition) is 4. The standard InChI is InChI=1S/C13H18N2O3/c1-9(16)10-6-11(8-12(7-10)18-2)13(17)15-5-3-4-14/h6-8H,3-5,14H2,1-2H3,(H,15,17). The van der Waals surface area contributed by atoms with Gasteiger partial charge in [0.25, 0.3) is 5.91 Å². The van der Waals surface area contributed by atoms with Crippen molar-refractivity contribution in [2.45, 2.75) is 13.3 Å². The third-order valence-electron chi connectivity index (χ3n) is 2.48. The van der Waals surface area contributed by atoms with Crippen LogP contribution in [0.3, 0.4) is 0 Å². The van der Waals surface area contributed by atoms with Crippen LogP contribution in [-0.4, -0.2) is 31.9 Å². The highest BCUT2D eigenvalue weighted by Gasteiger charge is 2.10. The SMILES string of the molecule is COc1cc(C(C)=O)cc(C(=O)NCCCN)c1. The van der Waals surface area contributed by atoms with Gasteiger partial charge in [0.2, 0.25) is 0 Å². The normalized spacial score (nSPS) is 9.94. The minimum absolute atomic E-state index is 0.107. The summed E-state index contributed by atoms with van der Waals surface area (Å²) >= 11 is 0. The van der Waals surface area contributed by atoms with Crippen molar-refractivity contribution in [3.05, 3.63) is 29.3 Å². The number of carbonyl (C=O) groups excluding carboxylic acids is 2. The van der Waals surface area contributed by atoms with E-state index in [0.29, 0.717) is 30.0 Å². The van der Waals surface area contributed by atoms with Gasteiger partial charge >= 0.3 is 0 Å². The summed E-state index contributed by atoms with van der Waals surface area (Å²) in [5.41, 5.74) is 6.22. The molecule has 1 amide bonds. The zero-order chi connectivity index (χ0) is 13.5. The number of benzene rings is 1. The summed E-state index contributed by atoms with van der Waals surface area (Å²) < 4.78 is 5.07. The number of Topliss-reactive ketones (excluding diaryl/α,β-unsaturated/α-hetero) is 1. The van der Waals surface area contributed by atoms with Crippen molar-refractivity contribution in [3.8, 4) is 5.75 Å². The molecule has 5 nitrogen and oxygen atoms in total. The van der Waals surface area contributed by atoms with Crippen LogP contribution in [0, 0.1) is 0 Å². The first-order chi connectivity index (χ1) is 8.58. The van der Waals surface area contributed by atoms with Gasteiger partial charge in [-0.25, -0.2) is 0 Å². The molecule has 1 aromatic carbocycles. The predicted molar refractivity (Wildman–Crippen MR) is 69.0 cm³/mol. The number of ketones is 1. The number of amides is 1. The highest BCUT2D eigenvalue weighted by atomic mass is 16.5. The molecule has 18 heavy (non-hydrogen) atoms. The molecule has 0 aliphatic carbocycles. The number of carbonyl (C=O) groups is 2. The zero-order valence-electron chi connectivity index (χ0n) is 10.7. The van der Waals surface area contributed by atoms with Gasteiger partial charge in [0.05, 0.1) is 7.11 Å². The Morgan fingerprint density at radius 3 is 2.50 bits per heavy atom. The molecule has 5 heteroatoms. The second-order valence-corrected chi connectivity index (χ2v) is 3.90. The first-order valence-electron chi connectivity index (χ1n) is 5.76. The molecule has 0 unspecified atom stereocenters. The molecule has 0 saturated carbocycles. The van der Waals surface area contributed by atoms with Crippen LogP contribution >= 0.6 is 0 Å². The molecule has 1 aromatic rings. The topological polar surface area (TPSA) is 81.4 Å². The lowest BCUT2D eigenvalue weighted by molar-refractivity contribution is 0.0953. The van der Waals surface area contributed by atoms with Crippen molar-refractivity contribution < 1.29 is 14.3 Å². The van der Waals surface area contributed by atoms with Gasteiger partial charge in [-0.3, -0.25) is 9.59 Å². The molecule has 0 saturated heterocycles. The van der Waals surface area contributed by atoms with E-state index in [9.17, 15) is 9.59 Å². The lowest BCUT2D eigenvalue weighted by Gasteiger charge is -2.08. The third kappa shape index (κ3) is 3.85. The van der Waals surface area contributed by atoms with Gasteiger partial charge in [-0.1, -0.05) is 0 Å². The summed E-state index contributed by atoms with van der Waals surface area (Å²) in [5.74, 6) is 0.154. The first kappa shape index (κ1) is 14.2. The minimum Gasteiger partial charge on any atom is -0.497 e. The van der Waals surface area contributed by atoms with Crippen molar-refractivity contribution in [2.75, 3.05) is 20.2 Å². The van der Waals surface area contributed by atoms with Gasteiger partial charge in [-0.15, -0.1) is 0 Å². The van der Waals surface area contributed by atoms with Crippen molar-refractivity contribution in [1.82, 2.24) is 5.32 Å². The van der Waals surface area contributed by atoms with Crippen molar-refractivity contribution in [3.63, 3.8) is 0 Å². The van der Waals surface area contributed by atoms with Crippen LogP contribution in [0.15, 0.2) is 18.2 Å². The molecule has 1 rings (SSSR count). The number of nitrogens with one attached hydrogen (secondary N) is 1. The van der Waals surface area contributed by atoms with Crippen LogP contribution in [0.1, 0.15) is 34.1 Å². The molecule has 98 valence electrons. The first-order valence-corrected chi connectivity index (χ1v) is 5.76. The van der Waals surface area contributed by atoms with Crippen LogP contribution in [0.2, 0.25) is 0 Å². The molecule has 0 aliphatic heterocycles. The maximum Gasteiger partial charge on any atom is 0.251 e. The average Bonchev–Trinajstić information content (AvgIpc) is 2.38. The fourth-order valence-electron chi connectivity index (χ4n) is 1.46. The summed E-state index contributed by atoms with van der Waals surface area (Å²) in [6.07, 6.45) is 0.718. The Hall–Kier alpha value is -1.88. The van der Waals surface area contributed by atoms with Crippen LogP contribution in [0.5, 0.6) is 5.75 Å². The highest BCUT2D eigenvalue weighted by molar-refractivity contribution is 6.00.